The first kappa shape index (κ1) is 18.5. The van der Waals surface area contributed by atoms with Gasteiger partial charge >= 0.3 is 0 Å². The van der Waals surface area contributed by atoms with E-state index in [1.165, 1.54) is 30.3 Å². The molecule has 0 spiro atoms. The monoisotopic (exact) mass is 406 g/mol. The van der Waals surface area contributed by atoms with Crippen molar-refractivity contribution in [1.29, 1.82) is 0 Å². The van der Waals surface area contributed by atoms with Crippen LogP contribution in [-0.4, -0.2) is 22.4 Å². The van der Waals surface area contributed by atoms with Crippen LogP contribution in [0.4, 0.5) is 11.4 Å². The third-order valence-corrected chi connectivity index (χ3v) is 4.89. The molecule has 1 aliphatic rings. The van der Waals surface area contributed by atoms with Gasteiger partial charge in [0, 0.05) is 39.6 Å². The highest BCUT2D eigenvalue weighted by atomic mass is 35.5. The van der Waals surface area contributed by atoms with Crippen LogP contribution in [0.25, 0.3) is 0 Å². The molecule has 0 saturated heterocycles. The summed E-state index contributed by atoms with van der Waals surface area (Å²) in [6.07, 6.45) is 0. The number of carbonyl (C=O) groups is 3. The Labute approximate surface area is 169 Å². The number of fused-ring (bicyclic) bond motifs is 2. The Kier molecular flexibility index (Phi) is 4.44. The summed E-state index contributed by atoms with van der Waals surface area (Å²) in [6, 6.07) is 14.6. The zero-order valence-electron chi connectivity index (χ0n) is 14.6. The molecule has 3 aromatic rings. The molecule has 142 valence electrons. The van der Waals surface area contributed by atoms with E-state index < -0.39 is 10.8 Å². The van der Waals surface area contributed by atoms with E-state index in [0.29, 0.717) is 16.8 Å². The first-order chi connectivity index (χ1) is 13.9. The number of carbonyl (C=O) groups excluding carboxylic acids is 3. The topological polar surface area (TPSA) is 106 Å². The highest BCUT2D eigenvalue weighted by Gasteiger charge is 2.29. The first-order valence-corrected chi connectivity index (χ1v) is 8.82. The summed E-state index contributed by atoms with van der Waals surface area (Å²) in [4.78, 5) is 48.0. The van der Waals surface area contributed by atoms with Gasteiger partial charge in [0.15, 0.2) is 11.6 Å². The van der Waals surface area contributed by atoms with Crippen LogP contribution >= 0.6 is 11.6 Å². The number of nitrogens with one attached hydrogen (secondary N) is 1. The normalized spacial score (nSPS) is 12.2. The van der Waals surface area contributed by atoms with Crippen molar-refractivity contribution in [2.24, 2.45) is 0 Å². The average molecular weight is 407 g/mol. The molecule has 0 aromatic heterocycles. The standard InChI is InChI=1S/C21H11ClN2O5/c22-17-9-11(5-8-18(17)24(28)29)21(27)23-12-6-7-15-16(10-12)20(26)14-4-2-1-3-13(14)19(15)25/h1-10H,(H,23,27). The Morgan fingerprint density at radius 2 is 1.48 bits per heavy atom. The largest absolute Gasteiger partial charge is 0.322 e. The lowest BCUT2D eigenvalue weighted by Gasteiger charge is -2.18. The zero-order chi connectivity index (χ0) is 20.7. The van der Waals surface area contributed by atoms with Crippen LogP contribution in [0.5, 0.6) is 0 Å². The molecule has 4 rings (SSSR count). The molecular weight excluding hydrogens is 396 g/mol. The zero-order valence-corrected chi connectivity index (χ0v) is 15.4. The molecule has 0 bridgehead atoms. The predicted octanol–water partition coefficient (Wildman–Crippen LogP) is 4.28. The lowest BCUT2D eigenvalue weighted by atomic mass is 9.84. The maximum absolute atomic E-state index is 12.8. The minimum absolute atomic E-state index is 0.117. The Morgan fingerprint density at radius 1 is 0.862 bits per heavy atom. The molecule has 0 atom stereocenters. The van der Waals surface area contributed by atoms with E-state index in [1.54, 1.807) is 24.3 Å². The summed E-state index contributed by atoms with van der Waals surface area (Å²) in [5.74, 6) is -1.11. The second-order valence-corrected chi connectivity index (χ2v) is 6.75. The summed E-state index contributed by atoms with van der Waals surface area (Å²) < 4.78 is 0. The third kappa shape index (κ3) is 3.17. The number of anilines is 1. The molecular formula is C21H11ClN2O5. The number of nitrogens with zero attached hydrogens (tertiary/aromatic N) is 1. The third-order valence-electron chi connectivity index (χ3n) is 4.59. The number of amides is 1. The van der Waals surface area contributed by atoms with Crippen molar-refractivity contribution in [1.82, 2.24) is 0 Å². The van der Waals surface area contributed by atoms with E-state index in [-0.39, 0.29) is 39.0 Å². The van der Waals surface area contributed by atoms with Gasteiger partial charge in [-0.25, -0.2) is 0 Å². The van der Waals surface area contributed by atoms with Gasteiger partial charge in [-0.2, -0.15) is 0 Å². The van der Waals surface area contributed by atoms with E-state index in [0.717, 1.165) is 6.07 Å². The van der Waals surface area contributed by atoms with Crippen LogP contribution in [0.2, 0.25) is 5.02 Å². The van der Waals surface area contributed by atoms with Gasteiger partial charge in [0.1, 0.15) is 5.02 Å². The van der Waals surface area contributed by atoms with Gasteiger partial charge in [0.25, 0.3) is 11.6 Å². The van der Waals surface area contributed by atoms with Crippen molar-refractivity contribution in [2.75, 3.05) is 5.32 Å². The molecule has 3 aromatic carbocycles. The number of ketones is 2. The van der Waals surface area contributed by atoms with Crippen molar-refractivity contribution in [2.45, 2.75) is 0 Å². The molecule has 29 heavy (non-hydrogen) atoms. The van der Waals surface area contributed by atoms with E-state index in [1.807, 2.05) is 0 Å². The van der Waals surface area contributed by atoms with Gasteiger partial charge in [0.2, 0.25) is 0 Å². The lowest BCUT2D eigenvalue weighted by Crippen LogP contribution is -2.21. The minimum atomic E-state index is -0.645. The molecule has 0 aliphatic heterocycles. The van der Waals surface area contributed by atoms with Crippen LogP contribution in [0, 0.1) is 10.1 Å². The Morgan fingerprint density at radius 3 is 2.10 bits per heavy atom. The van der Waals surface area contributed by atoms with Gasteiger partial charge in [-0.3, -0.25) is 24.5 Å². The summed E-state index contributed by atoms with van der Waals surface area (Å²) in [5.41, 5.74) is 1.26. The summed E-state index contributed by atoms with van der Waals surface area (Å²) in [7, 11) is 0. The van der Waals surface area contributed by atoms with Crippen molar-refractivity contribution in [3.63, 3.8) is 0 Å². The molecule has 8 heteroatoms. The smallest absolute Gasteiger partial charge is 0.287 e. The van der Waals surface area contributed by atoms with E-state index in [4.69, 9.17) is 11.6 Å². The highest BCUT2D eigenvalue weighted by Crippen LogP contribution is 2.30. The molecule has 7 nitrogen and oxygen atoms in total. The number of hydrogen-bond donors (Lipinski definition) is 1. The quantitative estimate of drug-likeness (QED) is 0.403. The molecule has 0 unspecified atom stereocenters. The Hall–Kier alpha value is -3.84. The van der Waals surface area contributed by atoms with Gasteiger partial charge in [-0.15, -0.1) is 0 Å². The summed E-state index contributed by atoms with van der Waals surface area (Å²) >= 11 is 5.85. The Balaban J connectivity index is 1.64. The van der Waals surface area contributed by atoms with Gasteiger partial charge in [0.05, 0.1) is 4.92 Å². The number of nitro groups is 1. The number of nitro benzene ring substituents is 1. The molecule has 1 N–H and O–H groups in total. The van der Waals surface area contributed by atoms with Crippen LogP contribution in [-0.2, 0) is 0 Å². The predicted molar refractivity (Wildman–Crippen MR) is 106 cm³/mol. The van der Waals surface area contributed by atoms with Crippen LogP contribution in [0.1, 0.15) is 42.2 Å². The molecule has 0 fully saturated rings. The van der Waals surface area contributed by atoms with Crippen molar-refractivity contribution < 1.29 is 19.3 Å². The SMILES string of the molecule is O=C(Nc1ccc2c(c1)C(=O)c1ccccc1C2=O)c1ccc([N+](=O)[O-])c(Cl)c1. The van der Waals surface area contributed by atoms with Crippen LogP contribution < -0.4 is 5.32 Å². The van der Waals surface area contributed by atoms with Gasteiger partial charge in [-0.1, -0.05) is 35.9 Å². The summed E-state index contributed by atoms with van der Waals surface area (Å²) in [5, 5.41) is 13.3. The molecule has 0 radical (unpaired) electrons. The fourth-order valence-corrected chi connectivity index (χ4v) is 3.43. The molecule has 1 aliphatic carbocycles. The van der Waals surface area contributed by atoms with Crippen LogP contribution in [0.3, 0.4) is 0 Å². The second-order valence-electron chi connectivity index (χ2n) is 6.34. The van der Waals surface area contributed by atoms with E-state index in [2.05, 4.69) is 5.32 Å². The minimum Gasteiger partial charge on any atom is -0.322 e. The average Bonchev–Trinajstić information content (AvgIpc) is 2.71. The van der Waals surface area contributed by atoms with Crippen molar-refractivity contribution in [3.05, 3.63) is 104 Å². The lowest BCUT2D eigenvalue weighted by molar-refractivity contribution is -0.384. The summed E-state index contributed by atoms with van der Waals surface area (Å²) in [6.45, 7) is 0. The number of benzene rings is 3. The van der Waals surface area contributed by atoms with Crippen molar-refractivity contribution in [3.8, 4) is 0 Å². The first-order valence-electron chi connectivity index (χ1n) is 8.44. The molecule has 1 amide bonds. The number of halogens is 1. The van der Waals surface area contributed by atoms with Gasteiger partial charge < -0.3 is 5.32 Å². The highest BCUT2D eigenvalue weighted by molar-refractivity contribution is 6.33. The van der Waals surface area contributed by atoms with Crippen molar-refractivity contribution >= 4 is 40.4 Å². The molecule has 0 saturated carbocycles. The maximum atomic E-state index is 12.8. The van der Waals surface area contributed by atoms with Crippen LogP contribution in [0.15, 0.2) is 60.7 Å². The molecule has 0 heterocycles. The number of hydrogen-bond acceptors (Lipinski definition) is 5. The number of rotatable bonds is 3. The van der Waals surface area contributed by atoms with Gasteiger partial charge in [-0.05, 0) is 30.3 Å². The fourth-order valence-electron chi connectivity index (χ4n) is 3.18. The van der Waals surface area contributed by atoms with E-state index >= 15 is 0 Å². The second kappa shape index (κ2) is 6.96. The Bertz CT molecular complexity index is 1240. The van der Waals surface area contributed by atoms with E-state index in [9.17, 15) is 24.5 Å². The maximum Gasteiger partial charge on any atom is 0.287 e. The fraction of sp³-hybridized carbons (Fsp3) is 0.